The molecule has 1 heterocycles. The highest BCUT2D eigenvalue weighted by Crippen LogP contribution is 2.36. The number of carbonyl (C=O) groups is 1. The Bertz CT molecular complexity index is 444. The van der Waals surface area contributed by atoms with Gasteiger partial charge in [0.2, 0.25) is 0 Å². The van der Waals surface area contributed by atoms with Gasteiger partial charge in [0.05, 0.1) is 5.69 Å². The van der Waals surface area contributed by atoms with Crippen LogP contribution >= 0.6 is 35.7 Å². The smallest absolute Gasteiger partial charge is 0.322 e. The highest BCUT2D eigenvalue weighted by atomic mass is 32.2. The molecule has 23 heavy (non-hydrogen) atoms. The van der Waals surface area contributed by atoms with Crippen molar-refractivity contribution in [3.05, 3.63) is 11.1 Å². The molecule has 138 valence electrons. The molecule has 0 amide bonds. The molecule has 0 aliphatic heterocycles. The first kappa shape index (κ1) is 27.5. The van der Waals surface area contributed by atoms with Gasteiger partial charge in [-0.15, -0.1) is 11.3 Å². The van der Waals surface area contributed by atoms with Gasteiger partial charge in [0.15, 0.2) is 4.34 Å². The van der Waals surface area contributed by atoms with Crippen LogP contribution in [0.15, 0.2) is 9.72 Å². The lowest BCUT2D eigenvalue weighted by atomic mass is 10.1. The fourth-order valence-corrected chi connectivity index (χ4v) is 3.49. The number of thioether (sulfide) groups is 1. The first-order valence-corrected chi connectivity index (χ1v) is 9.15. The van der Waals surface area contributed by atoms with Crippen molar-refractivity contribution in [2.24, 2.45) is 0 Å². The van der Waals surface area contributed by atoms with E-state index in [1.54, 1.807) is 6.26 Å². The first-order valence-electron chi connectivity index (χ1n) is 6.56. The van der Waals surface area contributed by atoms with Gasteiger partial charge in [-0.05, 0) is 40.9 Å². The zero-order valence-corrected chi connectivity index (χ0v) is 17.0. The molecule has 0 aromatic carbocycles. The lowest BCUT2D eigenvalue weighted by Gasteiger charge is -2.27. The van der Waals surface area contributed by atoms with Crippen molar-refractivity contribution in [1.82, 2.24) is 4.98 Å². The Kier molecular flexibility index (Phi) is 14.5. The van der Waals surface area contributed by atoms with Gasteiger partial charge in [0.25, 0.3) is 0 Å². The Morgan fingerprint density at radius 2 is 1.83 bits per heavy atom. The molecule has 0 unspecified atom stereocenters. The van der Waals surface area contributed by atoms with Crippen molar-refractivity contribution in [3.63, 3.8) is 0 Å². The van der Waals surface area contributed by atoms with Crippen LogP contribution in [0, 0.1) is 0 Å². The second-order valence-electron chi connectivity index (χ2n) is 5.69. The maximum Gasteiger partial charge on any atom is 0.322 e. The van der Waals surface area contributed by atoms with E-state index in [9.17, 15) is 4.79 Å². The monoisotopic (exact) mass is 387 g/mol. The van der Waals surface area contributed by atoms with Crippen LogP contribution in [0.4, 0.5) is 0 Å². The second kappa shape index (κ2) is 12.1. The molecule has 0 saturated heterocycles. The highest BCUT2D eigenvalue weighted by molar-refractivity contribution is 8.03. The minimum absolute atomic E-state index is 0. The summed E-state index contributed by atoms with van der Waals surface area (Å²) in [5.74, 6) is -0.246. The molecule has 9 heteroatoms. The van der Waals surface area contributed by atoms with Gasteiger partial charge in [-0.25, -0.2) is 4.98 Å². The molecule has 0 fully saturated rings. The molecule has 0 atom stereocenters. The van der Waals surface area contributed by atoms with Crippen LogP contribution < -0.4 is 0 Å². The first-order chi connectivity index (χ1) is 9.64. The number of aromatic nitrogens is 1. The Morgan fingerprint density at radius 1 is 1.30 bits per heavy atom. The van der Waals surface area contributed by atoms with E-state index in [2.05, 4.69) is 17.6 Å². The van der Waals surface area contributed by atoms with Gasteiger partial charge in [-0.2, -0.15) is 12.6 Å². The van der Waals surface area contributed by atoms with Crippen molar-refractivity contribution in [1.29, 1.82) is 0 Å². The number of nitrogens with zero attached hydrogens (tertiary/aromatic N) is 1. The van der Waals surface area contributed by atoms with Crippen molar-refractivity contribution in [2.75, 3.05) is 12.9 Å². The summed E-state index contributed by atoms with van der Waals surface area (Å²) in [4.78, 5) is 16.5. The number of ether oxygens (including phenoxy) is 1. The summed E-state index contributed by atoms with van der Waals surface area (Å²) in [6.45, 7) is 9.32. The standard InChI is InChI=1S/C13H21NO3S2.CH4S.2H2O/c1-12(2,3)17-10(16)13(4,5)19-11-14-9(6-7-15)8-18-11;1-2;;/h8,15H,6-7H2,1-5H3;2H,1H3;2*1H2. The van der Waals surface area contributed by atoms with Gasteiger partial charge in [0.1, 0.15) is 10.3 Å². The Hall–Kier alpha value is -0.320. The van der Waals surface area contributed by atoms with E-state index in [0.717, 1.165) is 10.0 Å². The summed E-state index contributed by atoms with van der Waals surface area (Å²) in [6.07, 6.45) is 2.24. The molecule has 0 saturated carbocycles. The quantitative estimate of drug-likeness (QED) is 0.453. The van der Waals surface area contributed by atoms with Crippen molar-refractivity contribution in [3.8, 4) is 0 Å². The maximum absolute atomic E-state index is 12.1. The number of esters is 1. The normalized spacial score (nSPS) is 10.6. The van der Waals surface area contributed by atoms with Gasteiger partial charge in [-0.3, -0.25) is 4.79 Å². The zero-order chi connectivity index (χ0) is 16.7. The van der Waals surface area contributed by atoms with Crippen LogP contribution in [-0.4, -0.2) is 50.2 Å². The maximum atomic E-state index is 12.1. The molecule has 0 bridgehead atoms. The third-order valence-electron chi connectivity index (χ3n) is 2.13. The molecule has 0 radical (unpaired) electrons. The van der Waals surface area contributed by atoms with Crippen LogP contribution in [-0.2, 0) is 16.0 Å². The van der Waals surface area contributed by atoms with E-state index in [1.807, 2.05) is 40.0 Å². The number of rotatable bonds is 5. The third kappa shape index (κ3) is 11.0. The number of hydrogen-bond donors (Lipinski definition) is 2. The predicted octanol–water partition coefficient (Wildman–Crippen LogP) is 1.79. The summed E-state index contributed by atoms with van der Waals surface area (Å²) in [5, 5.41) is 10.8. The zero-order valence-electron chi connectivity index (χ0n) is 14.5. The van der Waals surface area contributed by atoms with Crippen LogP contribution in [0.1, 0.15) is 40.3 Å². The number of aliphatic hydroxyl groups is 1. The SMILES string of the molecule is CC(C)(C)OC(=O)C(C)(C)Sc1nc(CCO)cs1.CS.O.O. The average molecular weight is 388 g/mol. The van der Waals surface area contributed by atoms with E-state index in [0.29, 0.717) is 6.42 Å². The van der Waals surface area contributed by atoms with Gasteiger partial charge < -0.3 is 20.8 Å². The molecular formula is C14H29NO5S3. The number of thiol groups is 1. The second-order valence-corrected chi connectivity index (χ2v) is 8.42. The molecule has 0 aliphatic carbocycles. The number of hydrogen-bond acceptors (Lipinski definition) is 7. The molecule has 6 nitrogen and oxygen atoms in total. The summed E-state index contributed by atoms with van der Waals surface area (Å²) >= 11 is 6.41. The van der Waals surface area contributed by atoms with Crippen LogP contribution in [0.25, 0.3) is 0 Å². The van der Waals surface area contributed by atoms with Crippen LogP contribution in [0.3, 0.4) is 0 Å². The largest absolute Gasteiger partial charge is 0.459 e. The number of thiazole rings is 1. The predicted molar refractivity (Wildman–Crippen MR) is 101 cm³/mol. The Labute approximate surface area is 152 Å². The van der Waals surface area contributed by atoms with Crippen molar-refractivity contribution in [2.45, 2.75) is 55.7 Å². The molecule has 5 N–H and O–H groups in total. The van der Waals surface area contributed by atoms with E-state index < -0.39 is 10.3 Å². The van der Waals surface area contributed by atoms with Crippen LogP contribution in [0.2, 0.25) is 0 Å². The minimum atomic E-state index is -0.679. The van der Waals surface area contributed by atoms with Gasteiger partial charge >= 0.3 is 5.97 Å². The molecule has 0 aliphatic rings. The molecule has 0 spiro atoms. The summed E-state index contributed by atoms with van der Waals surface area (Å²) < 4.78 is 5.55. The topological polar surface area (TPSA) is 122 Å². The fourth-order valence-electron chi connectivity index (χ4n) is 1.23. The van der Waals surface area contributed by atoms with E-state index in [-0.39, 0.29) is 23.5 Å². The lowest BCUT2D eigenvalue weighted by molar-refractivity contribution is -0.156. The minimum Gasteiger partial charge on any atom is -0.459 e. The van der Waals surface area contributed by atoms with E-state index in [1.165, 1.54) is 23.1 Å². The Balaban J connectivity index is -0.000000960. The van der Waals surface area contributed by atoms with Crippen LogP contribution in [0.5, 0.6) is 0 Å². The average Bonchev–Trinajstić information content (AvgIpc) is 2.77. The van der Waals surface area contributed by atoms with E-state index >= 15 is 0 Å². The molecular weight excluding hydrogens is 358 g/mol. The molecule has 1 aromatic rings. The molecule has 1 rings (SSSR count). The van der Waals surface area contributed by atoms with Crippen molar-refractivity contribution >= 4 is 41.7 Å². The Morgan fingerprint density at radius 3 is 2.26 bits per heavy atom. The highest BCUT2D eigenvalue weighted by Gasteiger charge is 2.34. The number of carbonyl (C=O) groups excluding carboxylic acids is 1. The van der Waals surface area contributed by atoms with Gasteiger partial charge in [0, 0.05) is 18.4 Å². The fraction of sp³-hybridized carbons (Fsp3) is 0.714. The molecule has 1 aromatic heterocycles. The lowest BCUT2D eigenvalue weighted by Crippen LogP contribution is -2.36. The van der Waals surface area contributed by atoms with E-state index in [4.69, 9.17) is 9.84 Å². The summed E-state index contributed by atoms with van der Waals surface area (Å²) in [6, 6.07) is 0. The third-order valence-corrected chi connectivity index (χ3v) is 4.30. The van der Waals surface area contributed by atoms with Crippen molar-refractivity contribution < 1.29 is 25.6 Å². The summed E-state index contributed by atoms with van der Waals surface area (Å²) in [7, 11) is 0. The summed E-state index contributed by atoms with van der Waals surface area (Å²) in [5.41, 5.74) is 0.370. The van der Waals surface area contributed by atoms with Gasteiger partial charge in [-0.1, -0.05) is 11.8 Å². The number of aliphatic hydroxyl groups excluding tert-OH is 1.